The fourth-order valence-corrected chi connectivity index (χ4v) is 7.42. The molecule has 3 fully saturated rings. The minimum atomic E-state index is -1.70. The van der Waals surface area contributed by atoms with Crippen molar-refractivity contribution in [3.05, 3.63) is 36.5 Å². The van der Waals surface area contributed by atoms with Crippen LogP contribution in [0.4, 0.5) is 0 Å². The predicted molar refractivity (Wildman–Crippen MR) is 207 cm³/mol. The number of hydrogen-bond donors (Lipinski definition) is 7. The van der Waals surface area contributed by atoms with Crippen LogP contribution in [0.25, 0.3) is 0 Å². The summed E-state index contributed by atoms with van der Waals surface area (Å²) < 4.78 is 35.9. The molecule has 17 nitrogen and oxygen atoms in total. The molecule has 11 unspecified atom stereocenters. The number of guanidine groups is 1. The molecule has 3 heterocycles. The second-order valence-corrected chi connectivity index (χ2v) is 15.4. The molecule has 2 amide bonds. The van der Waals surface area contributed by atoms with Gasteiger partial charge < -0.3 is 65.8 Å². The van der Waals surface area contributed by atoms with Gasteiger partial charge in [-0.2, -0.15) is 0 Å². The zero-order valence-electron chi connectivity index (χ0n) is 33.7. The van der Waals surface area contributed by atoms with E-state index in [-0.39, 0.29) is 44.2 Å². The summed E-state index contributed by atoms with van der Waals surface area (Å²) in [7, 11) is 2.97. The summed E-state index contributed by atoms with van der Waals surface area (Å²) in [4.78, 5) is 40.9. The molecule has 0 aromatic heterocycles. The van der Waals surface area contributed by atoms with E-state index in [1.54, 1.807) is 19.3 Å². The molecule has 3 aliphatic heterocycles. The number of hydrogen-bond acceptors (Lipinski definition) is 12. The Morgan fingerprint density at radius 3 is 2.43 bits per heavy atom. The molecular weight excluding hydrogens is 730 g/mol. The molecule has 56 heavy (non-hydrogen) atoms. The van der Waals surface area contributed by atoms with Gasteiger partial charge in [0.05, 0.1) is 24.4 Å². The molecule has 9 N–H and O–H groups in total. The minimum Gasteiger partial charge on any atom is -0.480 e. The van der Waals surface area contributed by atoms with Crippen LogP contribution in [-0.4, -0.2) is 127 Å². The number of allylic oxidation sites excluding steroid dienone is 3. The van der Waals surface area contributed by atoms with E-state index in [9.17, 15) is 29.7 Å². The maximum Gasteiger partial charge on any atom is 0.326 e. The topological polar surface area (TPSA) is 256 Å². The van der Waals surface area contributed by atoms with E-state index in [0.717, 1.165) is 31.3 Å². The Morgan fingerprint density at radius 2 is 1.79 bits per heavy atom. The van der Waals surface area contributed by atoms with Crippen molar-refractivity contribution in [2.45, 2.75) is 146 Å². The summed E-state index contributed by atoms with van der Waals surface area (Å²) in [6.45, 7) is 12.0. The lowest BCUT2D eigenvalue weighted by molar-refractivity contribution is -0.332. The van der Waals surface area contributed by atoms with Crippen molar-refractivity contribution in [1.82, 2.24) is 10.6 Å². The van der Waals surface area contributed by atoms with Crippen LogP contribution in [0.2, 0.25) is 0 Å². The fraction of sp³-hybridized carbons (Fsp3) is 0.744. The number of ether oxygens (including phenoxy) is 6. The van der Waals surface area contributed by atoms with E-state index >= 15 is 0 Å². The number of carbonyl (C=O) groups is 3. The summed E-state index contributed by atoms with van der Waals surface area (Å²) >= 11 is 0. The number of nitrogens with two attached hydrogens (primary N) is 2. The van der Waals surface area contributed by atoms with Gasteiger partial charge in [0.2, 0.25) is 11.7 Å². The number of fused-ring (bicyclic) bond motifs is 1. The molecule has 0 aliphatic carbocycles. The average Bonchev–Trinajstić information content (AvgIpc) is 3.14. The zero-order valence-corrected chi connectivity index (χ0v) is 33.7. The van der Waals surface area contributed by atoms with Gasteiger partial charge in [0.1, 0.15) is 25.0 Å². The Labute approximate surface area is 330 Å². The third kappa shape index (κ3) is 12.8. The number of rotatable bonds is 21. The number of nitrogens with one attached hydrogen (secondary N) is 2. The number of carbonyl (C=O) groups excluding carboxylic acids is 2. The second kappa shape index (κ2) is 21.9. The first kappa shape index (κ1) is 47.0. The van der Waals surface area contributed by atoms with Crippen LogP contribution in [0.3, 0.4) is 0 Å². The molecule has 0 aromatic carbocycles. The number of aliphatic carboxylic acids is 1. The van der Waals surface area contributed by atoms with Crippen molar-refractivity contribution in [2.75, 3.05) is 27.6 Å². The first-order valence-electron chi connectivity index (χ1n) is 19.4. The number of amides is 2. The lowest BCUT2D eigenvalue weighted by Gasteiger charge is -2.54. The number of unbranched alkanes of at least 4 members (excludes halogenated alkanes) is 3. The Bertz CT molecular complexity index is 1400. The standard InChI is InChI=1S/C39H65N5O12/c1-23-21-39(52-7,56-25(3)24(23)2)32(47)34(48)44-35-31-30(53-22-54-35)33(51-6)38(4,5)28(55-31)20-26(45)16-13-11-9-8-10-12-14-18-29(46)43-27(36(49)50)17-15-19-42-37(40)41/h10,12,14,18,24-28,30-33,35,45,47H,1,8-9,11,13,15-17,19-22H2,2-7H3,(H,43,46)(H,44,48)(H,49,50)(H4,40,41,42). The number of aliphatic hydroxyl groups is 2. The van der Waals surface area contributed by atoms with Crippen LogP contribution in [0.1, 0.15) is 85.5 Å². The van der Waals surface area contributed by atoms with E-state index in [2.05, 4.69) is 22.2 Å². The molecule has 17 heteroatoms. The quantitative estimate of drug-likeness (QED) is 0.0218. The van der Waals surface area contributed by atoms with E-state index in [1.807, 2.05) is 33.8 Å². The van der Waals surface area contributed by atoms with Gasteiger partial charge >= 0.3 is 5.97 Å². The van der Waals surface area contributed by atoms with Gasteiger partial charge in [-0.05, 0) is 39.0 Å². The van der Waals surface area contributed by atoms with Crippen LogP contribution in [-0.2, 0) is 42.8 Å². The highest BCUT2D eigenvalue weighted by atomic mass is 16.7. The number of nitrogens with zero attached hydrogens (tertiary/aromatic N) is 1. The van der Waals surface area contributed by atoms with Gasteiger partial charge in [0.25, 0.3) is 5.91 Å². The Kier molecular flexibility index (Phi) is 18.4. The average molecular weight is 796 g/mol. The highest BCUT2D eigenvalue weighted by Gasteiger charge is 2.57. The smallest absolute Gasteiger partial charge is 0.326 e. The largest absolute Gasteiger partial charge is 0.480 e. The van der Waals surface area contributed by atoms with Crippen LogP contribution in [0.5, 0.6) is 0 Å². The summed E-state index contributed by atoms with van der Waals surface area (Å²) in [5.74, 6) is -4.08. The van der Waals surface area contributed by atoms with Crippen molar-refractivity contribution < 1.29 is 58.1 Å². The van der Waals surface area contributed by atoms with Gasteiger partial charge in [-0.1, -0.05) is 64.0 Å². The van der Waals surface area contributed by atoms with E-state index in [0.29, 0.717) is 19.3 Å². The van der Waals surface area contributed by atoms with Crippen molar-refractivity contribution in [2.24, 2.45) is 27.8 Å². The maximum atomic E-state index is 13.5. The lowest BCUT2D eigenvalue weighted by Crippen LogP contribution is -2.69. The zero-order chi connectivity index (χ0) is 41.6. The molecule has 3 rings (SSSR count). The summed E-state index contributed by atoms with van der Waals surface area (Å²) in [6.07, 6.45) is 5.27. The first-order chi connectivity index (χ1) is 26.5. The minimum absolute atomic E-state index is 0.0217. The van der Waals surface area contributed by atoms with Crippen molar-refractivity contribution >= 4 is 23.7 Å². The molecule has 3 saturated heterocycles. The van der Waals surface area contributed by atoms with E-state index < -0.39 is 77.9 Å². The third-order valence-corrected chi connectivity index (χ3v) is 11.0. The van der Waals surface area contributed by atoms with Gasteiger partial charge in [0.15, 0.2) is 18.3 Å². The molecule has 0 bridgehead atoms. The van der Waals surface area contributed by atoms with Crippen molar-refractivity contribution in [3.63, 3.8) is 0 Å². The van der Waals surface area contributed by atoms with Crippen LogP contribution in [0.15, 0.2) is 41.4 Å². The number of aliphatic imine (C=N–C) groups is 1. The molecular formula is C39H65N5O12. The Hall–Kier alpha value is -3.42. The molecule has 0 spiro atoms. The van der Waals surface area contributed by atoms with Crippen molar-refractivity contribution in [1.29, 1.82) is 0 Å². The number of carboxylic acids is 1. The predicted octanol–water partition coefficient (Wildman–Crippen LogP) is 1.75. The van der Waals surface area contributed by atoms with Gasteiger partial charge in [0, 0.05) is 51.0 Å². The fourth-order valence-electron chi connectivity index (χ4n) is 7.42. The van der Waals surface area contributed by atoms with Crippen LogP contribution >= 0.6 is 0 Å². The van der Waals surface area contributed by atoms with Gasteiger partial charge in [-0.15, -0.1) is 0 Å². The normalized spacial score (nSPS) is 30.6. The molecule has 11 atom stereocenters. The summed E-state index contributed by atoms with van der Waals surface area (Å²) in [6, 6.07) is -1.05. The monoisotopic (exact) mass is 795 g/mol. The molecule has 318 valence electrons. The highest BCUT2D eigenvalue weighted by molar-refractivity contribution is 5.91. The van der Waals surface area contributed by atoms with Gasteiger partial charge in [-0.3, -0.25) is 14.6 Å². The SMILES string of the molecule is C=C1CC(OC)(C(O)C(=O)NC2OCOC3C2OC(CC(O)CCCCCC=CC=CC(=O)NC(CCCN=C(N)N)C(=O)O)C(C)(C)C3OC)OC(C)C1C. The molecule has 0 saturated carbocycles. The van der Waals surface area contributed by atoms with Gasteiger partial charge in [-0.25, -0.2) is 4.79 Å². The molecule has 3 aliphatic rings. The molecule has 0 aromatic rings. The number of aliphatic hydroxyl groups excluding tert-OH is 2. The first-order valence-corrected chi connectivity index (χ1v) is 19.4. The number of methoxy groups -OCH3 is 2. The summed E-state index contributed by atoms with van der Waals surface area (Å²) in [5, 5.41) is 36.9. The van der Waals surface area contributed by atoms with E-state index in [4.69, 9.17) is 39.9 Å². The van der Waals surface area contributed by atoms with E-state index in [1.165, 1.54) is 13.2 Å². The molecule has 0 radical (unpaired) electrons. The third-order valence-electron chi connectivity index (χ3n) is 11.0. The summed E-state index contributed by atoms with van der Waals surface area (Å²) in [5.41, 5.74) is 10.8. The Balaban J connectivity index is 1.48. The van der Waals surface area contributed by atoms with Crippen LogP contribution < -0.4 is 22.1 Å². The van der Waals surface area contributed by atoms with Crippen molar-refractivity contribution in [3.8, 4) is 0 Å². The Morgan fingerprint density at radius 1 is 1.05 bits per heavy atom. The van der Waals surface area contributed by atoms with Crippen LogP contribution in [0, 0.1) is 11.3 Å². The lowest BCUT2D eigenvalue weighted by atomic mass is 9.72. The number of carboxylic acid groups (broad SMARTS) is 1. The highest BCUT2D eigenvalue weighted by Crippen LogP contribution is 2.44. The maximum absolute atomic E-state index is 13.5. The second-order valence-electron chi connectivity index (χ2n) is 15.4.